The smallest absolute Gasteiger partial charge is 0.311 e. The van der Waals surface area contributed by atoms with Crippen molar-refractivity contribution in [2.75, 3.05) is 0 Å². The van der Waals surface area contributed by atoms with Crippen LogP contribution in [0.5, 0.6) is 0 Å². The van der Waals surface area contributed by atoms with Gasteiger partial charge in [-0.2, -0.15) is 0 Å². The van der Waals surface area contributed by atoms with Crippen molar-refractivity contribution >= 4 is 0 Å². The minimum absolute atomic E-state index is 0.227. The van der Waals surface area contributed by atoms with Crippen molar-refractivity contribution in [3.63, 3.8) is 0 Å². The molecule has 0 fully saturated rings. The Labute approximate surface area is 103 Å². The Balaban J connectivity index is 2.34. The van der Waals surface area contributed by atoms with Gasteiger partial charge in [0.15, 0.2) is 0 Å². The van der Waals surface area contributed by atoms with Gasteiger partial charge in [-0.15, -0.1) is 5.10 Å². The first-order chi connectivity index (χ1) is 8.47. The van der Waals surface area contributed by atoms with Gasteiger partial charge in [-0.3, -0.25) is 9.78 Å². The standard InChI is InChI=1S/C11H15N5O2/c1-6(2)16-5-8(14-15-16)4-9-7(3)10(17)13-11(18)12-9/h5-6H,4H2,1-3H3,(H2,12,13,17,18). The number of hydrogen-bond acceptors (Lipinski definition) is 4. The first-order valence-electron chi connectivity index (χ1n) is 5.70. The molecule has 0 spiro atoms. The molecule has 2 N–H and O–H groups in total. The van der Waals surface area contributed by atoms with Crippen molar-refractivity contribution in [2.45, 2.75) is 33.2 Å². The molecule has 0 amide bonds. The Morgan fingerprint density at radius 1 is 1.33 bits per heavy atom. The maximum Gasteiger partial charge on any atom is 0.325 e. The monoisotopic (exact) mass is 249 g/mol. The Morgan fingerprint density at radius 3 is 2.67 bits per heavy atom. The summed E-state index contributed by atoms with van der Waals surface area (Å²) in [6.45, 7) is 5.66. The molecule has 0 unspecified atom stereocenters. The van der Waals surface area contributed by atoms with Gasteiger partial charge in [-0.1, -0.05) is 5.21 Å². The summed E-state index contributed by atoms with van der Waals surface area (Å²) >= 11 is 0. The first kappa shape index (κ1) is 12.3. The van der Waals surface area contributed by atoms with Gasteiger partial charge >= 0.3 is 5.69 Å². The lowest BCUT2D eigenvalue weighted by atomic mass is 10.1. The molecule has 18 heavy (non-hydrogen) atoms. The minimum atomic E-state index is -0.503. The van der Waals surface area contributed by atoms with Crippen LogP contribution in [0.1, 0.15) is 36.8 Å². The molecule has 0 aliphatic carbocycles. The molecule has 2 aromatic heterocycles. The van der Waals surface area contributed by atoms with Crippen LogP contribution in [0.2, 0.25) is 0 Å². The van der Waals surface area contributed by atoms with E-state index in [0.717, 1.165) is 0 Å². The van der Waals surface area contributed by atoms with Crippen molar-refractivity contribution < 1.29 is 0 Å². The van der Waals surface area contributed by atoms with Crippen LogP contribution in [0, 0.1) is 6.92 Å². The highest BCUT2D eigenvalue weighted by Crippen LogP contribution is 2.07. The lowest BCUT2D eigenvalue weighted by molar-refractivity contribution is 0.514. The molecule has 0 atom stereocenters. The topological polar surface area (TPSA) is 96.4 Å². The predicted molar refractivity (Wildman–Crippen MR) is 65.6 cm³/mol. The fourth-order valence-electron chi connectivity index (χ4n) is 1.60. The number of aromatic nitrogens is 5. The summed E-state index contributed by atoms with van der Waals surface area (Å²) in [4.78, 5) is 27.5. The summed E-state index contributed by atoms with van der Waals surface area (Å²) < 4.78 is 1.73. The van der Waals surface area contributed by atoms with E-state index in [1.807, 2.05) is 20.0 Å². The van der Waals surface area contributed by atoms with E-state index >= 15 is 0 Å². The van der Waals surface area contributed by atoms with Crippen LogP contribution < -0.4 is 11.2 Å². The minimum Gasteiger partial charge on any atom is -0.311 e. The molecule has 0 bridgehead atoms. The molecule has 2 aromatic rings. The number of H-pyrrole nitrogens is 2. The number of hydrogen-bond donors (Lipinski definition) is 2. The molecule has 0 aliphatic heterocycles. The van der Waals surface area contributed by atoms with Gasteiger partial charge in [0.2, 0.25) is 0 Å². The molecule has 0 aromatic carbocycles. The lowest BCUT2D eigenvalue weighted by Gasteiger charge is -2.02. The summed E-state index contributed by atoms with van der Waals surface area (Å²) in [5.74, 6) is 0. The van der Waals surface area contributed by atoms with Gasteiger partial charge in [0.05, 0.1) is 5.69 Å². The Kier molecular flexibility index (Phi) is 3.14. The average molecular weight is 249 g/mol. The van der Waals surface area contributed by atoms with Crippen molar-refractivity contribution in [1.82, 2.24) is 25.0 Å². The lowest BCUT2D eigenvalue weighted by Crippen LogP contribution is -2.26. The fourth-order valence-corrected chi connectivity index (χ4v) is 1.60. The van der Waals surface area contributed by atoms with Crippen LogP contribution in [0.25, 0.3) is 0 Å². The third-order valence-corrected chi connectivity index (χ3v) is 2.73. The second-order valence-corrected chi connectivity index (χ2v) is 4.47. The molecule has 0 radical (unpaired) electrons. The van der Waals surface area contributed by atoms with E-state index in [0.29, 0.717) is 23.4 Å². The summed E-state index contributed by atoms with van der Waals surface area (Å²) in [5.41, 5.74) is 0.906. The third kappa shape index (κ3) is 2.39. The number of rotatable bonds is 3. The molecule has 96 valence electrons. The number of nitrogens with zero attached hydrogens (tertiary/aromatic N) is 3. The van der Waals surface area contributed by atoms with E-state index in [1.54, 1.807) is 11.6 Å². The van der Waals surface area contributed by atoms with Crippen LogP contribution in [0.4, 0.5) is 0 Å². The van der Waals surface area contributed by atoms with Crippen LogP contribution in [-0.4, -0.2) is 25.0 Å². The van der Waals surface area contributed by atoms with Gasteiger partial charge in [0.1, 0.15) is 0 Å². The highest BCUT2D eigenvalue weighted by atomic mass is 16.2. The third-order valence-electron chi connectivity index (χ3n) is 2.73. The van der Waals surface area contributed by atoms with E-state index in [9.17, 15) is 9.59 Å². The second kappa shape index (κ2) is 4.59. The van der Waals surface area contributed by atoms with Crippen LogP contribution in [0.3, 0.4) is 0 Å². The van der Waals surface area contributed by atoms with Crippen LogP contribution >= 0.6 is 0 Å². The molecule has 7 nitrogen and oxygen atoms in total. The molecule has 2 rings (SSSR count). The van der Waals surface area contributed by atoms with Gasteiger partial charge in [-0.05, 0) is 20.8 Å². The van der Waals surface area contributed by atoms with E-state index in [-0.39, 0.29) is 11.6 Å². The zero-order valence-electron chi connectivity index (χ0n) is 10.5. The summed E-state index contributed by atoms with van der Waals surface area (Å²) in [5, 5.41) is 7.99. The molecule has 2 heterocycles. The molecule has 0 saturated carbocycles. The molecule has 7 heteroatoms. The van der Waals surface area contributed by atoms with E-state index < -0.39 is 5.69 Å². The van der Waals surface area contributed by atoms with E-state index in [1.165, 1.54) is 0 Å². The van der Waals surface area contributed by atoms with Gasteiger partial charge in [0, 0.05) is 29.9 Å². The van der Waals surface area contributed by atoms with E-state index in [2.05, 4.69) is 20.3 Å². The van der Waals surface area contributed by atoms with Crippen LogP contribution in [-0.2, 0) is 6.42 Å². The second-order valence-electron chi connectivity index (χ2n) is 4.47. The SMILES string of the molecule is Cc1c(Cc2cn(C(C)C)nn2)[nH]c(=O)[nH]c1=O. The predicted octanol–water partition coefficient (Wildman–Crippen LogP) is 0.135. The number of aromatic amines is 2. The van der Waals surface area contributed by atoms with Crippen molar-refractivity contribution in [1.29, 1.82) is 0 Å². The Bertz CT molecular complexity index is 665. The zero-order valence-corrected chi connectivity index (χ0v) is 10.5. The summed E-state index contributed by atoms with van der Waals surface area (Å²) in [7, 11) is 0. The zero-order chi connectivity index (χ0) is 13.3. The molecular formula is C11H15N5O2. The average Bonchev–Trinajstić information content (AvgIpc) is 2.74. The maximum absolute atomic E-state index is 11.4. The highest BCUT2D eigenvalue weighted by molar-refractivity contribution is 5.19. The van der Waals surface area contributed by atoms with Crippen LogP contribution in [0.15, 0.2) is 15.8 Å². The van der Waals surface area contributed by atoms with Crippen molar-refractivity contribution in [2.24, 2.45) is 0 Å². The van der Waals surface area contributed by atoms with E-state index in [4.69, 9.17) is 0 Å². The van der Waals surface area contributed by atoms with Gasteiger partial charge in [0.25, 0.3) is 5.56 Å². The van der Waals surface area contributed by atoms with Crippen molar-refractivity contribution in [3.8, 4) is 0 Å². The first-order valence-corrected chi connectivity index (χ1v) is 5.70. The summed E-state index contributed by atoms with van der Waals surface area (Å²) in [6, 6.07) is 0.227. The molecule has 0 aliphatic rings. The number of nitrogens with one attached hydrogen (secondary N) is 2. The fraction of sp³-hybridized carbons (Fsp3) is 0.455. The maximum atomic E-state index is 11.4. The normalized spacial score (nSPS) is 11.1. The van der Waals surface area contributed by atoms with Gasteiger partial charge in [-0.25, -0.2) is 9.48 Å². The highest BCUT2D eigenvalue weighted by Gasteiger charge is 2.09. The molecular weight excluding hydrogens is 234 g/mol. The summed E-state index contributed by atoms with van der Waals surface area (Å²) in [6.07, 6.45) is 2.20. The Morgan fingerprint density at radius 2 is 2.06 bits per heavy atom. The largest absolute Gasteiger partial charge is 0.325 e. The molecule has 0 saturated heterocycles. The van der Waals surface area contributed by atoms with Gasteiger partial charge < -0.3 is 4.98 Å². The van der Waals surface area contributed by atoms with Crippen molar-refractivity contribution in [3.05, 3.63) is 44.0 Å². The quantitative estimate of drug-likeness (QED) is 0.808. The Hall–Kier alpha value is -2.18.